The van der Waals surface area contributed by atoms with Crippen LogP contribution in [0.3, 0.4) is 0 Å². The summed E-state index contributed by atoms with van der Waals surface area (Å²) < 4.78 is 0. The van der Waals surface area contributed by atoms with Gasteiger partial charge in [-0.05, 0) is 6.92 Å². The molecule has 0 aliphatic heterocycles. The molecule has 1 atom stereocenters. The predicted octanol–water partition coefficient (Wildman–Crippen LogP) is 2.49. The maximum atomic E-state index is 4.24. The molecule has 0 amide bonds. The van der Waals surface area contributed by atoms with Gasteiger partial charge in [-0.25, -0.2) is 4.98 Å². The van der Waals surface area contributed by atoms with E-state index >= 15 is 0 Å². The Morgan fingerprint density at radius 3 is 3.07 bits per heavy atom. The van der Waals surface area contributed by atoms with E-state index in [2.05, 4.69) is 22.2 Å². The van der Waals surface area contributed by atoms with E-state index in [-0.39, 0.29) is 0 Å². The summed E-state index contributed by atoms with van der Waals surface area (Å²) in [5.74, 6) is 0. The highest BCUT2D eigenvalue weighted by molar-refractivity contribution is 7.09. The van der Waals surface area contributed by atoms with Gasteiger partial charge in [0.1, 0.15) is 0 Å². The van der Waals surface area contributed by atoms with Gasteiger partial charge in [0.15, 0.2) is 0 Å². The van der Waals surface area contributed by atoms with E-state index in [0.717, 1.165) is 13.0 Å². The van der Waals surface area contributed by atoms with Gasteiger partial charge in [-0.3, -0.25) is 4.98 Å². The van der Waals surface area contributed by atoms with Gasteiger partial charge in [0, 0.05) is 41.7 Å². The van der Waals surface area contributed by atoms with Crippen molar-refractivity contribution in [2.75, 3.05) is 6.54 Å². The fourth-order valence-corrected chi connectivity index (χ4v) is 2.59. The third-order valence-corrected chi connectivity index (χ3v) is 3.95. The summed E-state index contributed by atoms with van der Waals surface area (Å²) in [5.41, 5.74) is 1.87. The molecule has 0 radical (unpaired) electrons. The molecule has 1 unspecified atom stereocenters. The van der Waals surface area contributed by atoms with Crippen molar-refractivity contribution in [1.29, 1.82) is 0 Å². The van der Waals surface area contributed by atoms with Gasteiger partial charge >= 0.3 is 0 Å². The number of hydrogen-bond donors (Lipinski definition) is 1. The first-order valence-corrected chi connectivity index (χ1v) is 6.62. The summed E-state index contributed by atoms with van der Waals surface area (Å²) in [6, 6.07) is 0.387. The van der Waals surface area contributed by atoms with Crippen LogP contribution in [0.2, 0.25) is 0 Å². The molecule has 0 aromatic carbocycles. The molecule has 1 N–H and O–H groups in total. The van der Waals surface area contributed by atoms with Crippen molar-refractivity contribution < 1.29 is 0 Å². The van der Waals surface area contributed by atoms with Crippen LogP contribution >= 0.6 is 22.7 Å². The SMILES string of the molecule is CC(NCCc1nccs1)c1cncs1. The first-order valence-electron chi connectivity index (χ1n) is 4.86. The number of rotatable bonds is 5. The first kappa shape index (κ1) is 10.7. The maximum Gasteiger partial charge on any atom is 0.0937 e. The van der Waals surface area contributed by atoms with Crippen LogP contribution in [0.4, 0.5) is 0 Å². The molecule has 0 spiro atoms. The summed E-state index contributed by atoms with van der Waals surface area (Å²) in [6.45, 7) is 3.13. The van der Waals surface area contributed by atoms with Gasteiger partial charge in [-0.15, -0.1) is 22.7 Å². The molecule has 2 heterocycles. The van der Waals surface area contributed by atoms with Crippen molar-refractivity contribution in [2.24, 2.45) is 0 Å². The smallest absolute Gasteiger partial charge is 0.0937 e. The molecular weight excluding hydrogens is 226 g/mol. The molecule has 5 heteroatoms. The van der Waals surface area contributed by atoms with E-state index in [0.29, 0.717) is 6.04 Å². The molecule has 2 aromatic rings. The number of nitrogens with one attached hydrogen (secondary N) is 1. The Morgan fingerprint density at radius 1 is 1.47 bits per heavy atom. The lowest BCUT2D eigenvalue weighted by atomic mass is 10.3. The van der Waals surface area contributed by atoms with Crippen LogP contribution in [0.1, 0.15) is 22.9 Å². The van der Waals surface area contributed by atoms with Gasteiger partial charge in [-0.2, -0.15) is 0 Å². The average Bonchev–Trinajstić information content (AvgIpc) is 2.90. The molecule has 0 saturated carbocycles. The Bertz CT molecular complexity index is 369. The Labute approximate surface area is 97.2 Å². The van der Waals surface area contributed by atoms with E-state index in [1.165, 1.54) is 9.88 Å². The minimum atomic E-state index is 0.387. The lowest BCUT2D eigenvalue weighted by Crippen LogP contribution is -2.20. The number of thiazole rings is 2. The highest BCUT2D eigenvalue weighted by Crippen LogP contribution is 2.16. The van der Waals surface area contributed by atoms with Crippen molar-refractivity contribution in [3.63, 3.8) is 0 Å². The van der Waals surface area contributed by atoms with Gasteiger partial charge in [-0.1, -0.05) is 0 Å². The average molecular weight is 239 g/mol. The highest BCUT2D eigenvalue weighted by Gasteiger charge is 2.05. The molecule has 80 valence electrons. The molecule has 2 aromatic heterocycles. The highest BCUT2D eigenvalue weighted by atomic mass is 32.1. The number of aromatic nitrogens is 2. The topological polar surface area (TPSA) is 37.8 Å². The second kappa shape index (κ2) is 5.34. The van der Waals surface area contributed by atoms with Crippen LogP contribution in [-0.4, -0.2) is 16.5 Å². The molecule has 0 saturated heterocycles. The summed E-state index contributed by atoms with van der Waals surface area (Å²) in [6.07, 6.45) is 4.78. The third-order valence-electron chi connectivity index (χ3n) is 2.15. The van der Waals surface area contributed by atoms with Crippen LogP contribution < -0.4 is 5.32 Å². The van der Waals surface area contributed by atoms with E-state index in [4.69, 9.17) is 0 Å². The minimum absolute atomic E-state index is 0.387. The standard InChI is InChI=1S/C10H13N3S2/c1-8(9-6-11-7-15-9)12-3-2-10-13-4-5-14-10/h4-8,12H,2-3H2,1H3. The second-order valence-corrected chi connectivity index (χ2v) is 5.15. The Morgan fingerprint density at radius 2 is 2.40 bits per heavy atom. The zero-order valence-corrected chi connectivity index (χ0v) is 10.1. The van der Waals surface area contributed by atoms with Crippen molar-refractivity contribution in [3.05, 3.63) is 33.2 Å². The van der Waals surface area contributed by atoms with Crippen LogP contribution in [-0.2, 0) is 6.42 Å². The monoisotopic (exact) mass is 239 g/mol. The summed E-state index contributed by atoms with van der Waals surface area (Å²) in [5, 5.41) is 6.67. The Balaban J connectivity index is 1.74. The fraction of sp³-hybridized carbons (Fsp3) is 0.400. The molecule has 0 bridgehead atoms. The molecule has 15 heavy (non-hydrogen) atoms. The van der Waals surface area contributed by atoms with Gasteiger partial charge in [0.25, 0.3) is 0 Å². The molecular formula is C10H13N3S2. The molecule has 0 aliphatic carbocycles. The van der Waals surface area contributed by atoms with Crippen molar-refractivity contribution >= 4 is 22.7 Å². The maximum absolute atomic E-state index is 4.24. The Hall–Kier alpha value is -0.780. The summed E-state index contributed by atoms with van der Waals surface area (Å²) in [4.78, 5) is 9.60. The zero-order chi connectivity index (χ0) is 10.5. The largest absolute Gasteiger partial charge is 0.309 e. The summed E-state index contributed by atoms with van der Waals surface area (Å²) in [7, 11) is 0. The molecule has 2 rings (SSSR count). The van der Waals surface area contributed by atoms with Crippen molar-refractivity contribution in [3.8, 4) is 0 Å². The molecule has 0 aliphatic rings. The van der Waals surface area contributed by atoms with E-state index in [1.54, 1.807) is 22.7 Å². The first-order chi connectivity index (χ1) is 7.36. The van der Waals surface area contributed by atoms with Crippen molar-refractivity contribution in [2.45, 2.75) is 19.4 Å². The normalized spacial score (nSPS) is 12.9. The van der Waals surface area contributed by atoms with Crippen molar-refractivity contribution in [1.82, 2.24) is 15.3 Å². The van der Waals surface area contributed by atoms with Crippen LogP contribution in [0.15, 0.2) is 23.3 Å². The minimum Gasteiger partial charge on any atom is -0.309 e. The van der Waals surface area contributed by atoms with Gasteiger partial charge in [0.05, 0.1) is 10.5 Å². The number of nitrogens with zero attached hydrogens (tertiary/aromatic N) is 2. The van der Waals surface area contributed by atoms with E-state index in [1.807, 2.05) is 23.3 Å². The summed E-state index contributed by atoms with van der Waals surface area (Å²) >= 11 is 3.40. The zero-order valence-electron chi connectivity index (χ0n) is 8.51. The third kappa shape index (κ3) is 3.09. The lowest BCUT2D eigenvalue weighted by molar-refractivity contribution is 0.583. The molecule has 0 fully saturated rings. The number of hydrogen-bond acceptors (Lipinski definition) is 5. The van der Waals surface area contributed by atoms with Crippen LogP contribution in [0, 0.1) is 0 Å². The van der Waals surface area contributed by atoms with E-state index in [9.17, 15) is 0 Å². The second-order valence-electron chi connectivity index (χ2n) is 3.26. The molecule has 3 nitrogen and oxygen atoms in total. The van der Waals surface area contributed by atoms with Crippen LogP contribution in [0.25, 0.3) is 0 Å². The fourth-order valence-electron chi connectivity index (χ4n) is 1.31. The van der Waals surface area contributed by atoms with E-state index < -0.39 is 0 Å². The van der Waals surface area contributed by atoms with Gasteiger partial charge < -0.3 is 5.32 Å². The lowest BCUT2D eigenvalue weighted by Gasteiger charge is -2.10. The Kier molecular flexibility index (Phi) is 3.82. The quantitative estimate of drug-likeness (QED) is 0.871. The van der Waals surface area contributed by atoms with Crippen LogP contribution in [0.5, 0.6) is 0 Å². The van der Waals surface area contributed by atoms with Gasteiger partial charge in [0.2, 0.25) is 0 Å². The predicted molar refractivity (Wildman–Crippen MR) is 64.3 cm³/mol.